The second kappa shape index (κ2) is 7.05. The van der Waals surface area contributed by atoms with E-state index in [2.05, 4.69) is 17.6 Å². The van der Waals surface area contributed by atoms with Crippen molar-refractivity contribution in [3.63, 3.8) is 0 Å². The highest BCUT2D eigenvalue weighted by Crippen LogP contribution is 2.61. The molecular weight excluding hydrogens is 324 g/mol. The summed E-state index contributed by atoms with van der Waals surface area (Å²) in [7, 11) is 0. The fourth-order valence-corrected chi connectivity index (χ4v) is 6.16. The molecule has 4 fully saturated rings. The van der Waals surface area contributed by atoms with Crippen molar-refractivity contribution in [3.05, 3.63) is 35.9 Å². The number of hydrogen-bond donors (Lipinski definition) is 2. The molecule has 0 spiro atoms. The molecule has 4 heteroatoms. The monoisotopic (exact) mass is 354 g/mol. The minimum Gasteiger partial charge on any atom is -0.353 e. The molecule has 26 heavy (non-hydrogen) atoms. The molecule has 4 aliphatic rings. The van der Waals surface area contributed by atoms with Gasteiger partial charge in [-0.05, 0) is 80.8 Å². The Hall–Kier alpha value is -1.84. The predicted molar refractivity (Wildman–Crippen MR) is 102 cm³/mol. The number of benzene rings is 1. The van der Waals surface area contributed by atoms with Crippen molar-refractivity contribution >= 4 is 11.8 Å². The molecule has 0 aliphatic heterocycles. The smallest absolute Gasteiger partial charge is 0.251 e. The Morgan fingerprint density at radius 3 is 2.19 bits per heavy atom. The van der Waals surface area contributed by atoms with E-state index in [0.29, 0.717) is 23.9 Å². The van der Waals surface area contributed by atoms with Crippen LogP contribution >= 0.6 is 0 Å². The van der Waals surface area contributed by atoms with Crippen molar-refractivity contribution in [3.8, 4) is 0 Å². The fraction of sp³-hybridized carbons (Fsp3) is 0.636. The molecule has 140 valence electrons. The summed E-state index contributed by atoms with van der Waals surface area (Å²) in [5, 5.41) is 6.10. The van der Waals surface area contributed by atoms with Crippen LogP contribution in [0.15, 0.2) is 30.3 Å². The summed E-state index contributed by atoms with van der Waals surface area (Å²) in [5.41, 5.74) is 0.965. The number of rotatable bonds is 6. The lowest BCUT2D eigenvalue weighted by atomic mass is 9.48. The van der Waals surface area contributed by atoms with Gasteiger partial charge in [-0.1, -0.05) is 18.2 Å². The molecule has 1 unspecified atom stereocenters. The van der Waals surface area contributed by atoms with Gasteiger partial charge in [-0.2, -0.15) is 0 Å². The summed E-state index contributed by atoms with van der Waals surface area (Å²) < 4.78 is 0. The second-order valence-corrected chi connectivity index (χ2v) is 8.94. The van der Waals surface area contributed by atoms with Crippen LogP contribution in [0.3, 0.4) is 0 Å². The minimum absolute atomic E-state index is 0.0570. The molecule has 4 nitrogen and oxygen atoms in total. The van der Waals surface area contributed by atoms with Gasteiger partial charge in [-0.15, -0.1) is 0 Å². The lowest BCUT2D eigenvalue weighted by molar-refractivity contribution is -0.125. The zero-order valence-corrected chi connectivity index (χ0v) is 15.7. The maximum Gasteiger partial charge on any atom is 0.251 e. The van der Waals surface area contributed by atoms with Gasteiger partial charge in [0, 0.05) is 24.6 Å². The average Bonchev–Trinajstić information content (AvgIpc) is 2.61. The van der Waals surface area contributed by atoms with Crippen LogP contribution in [0.2, 0.25) is 0 Å². The first-order valence-corrected chi connectivity index (χ1v) is 10.2. The highest BCUT2D eigenvalue weighted by Gasteiger charge is 2.53. The Labute approximate surface area is 156 Å². The van der Waals surface area contributed by atoms with Gasteiger partial charge < -0.3 is 10.6 Å². The Balaban J connectivity index is 1.25. The van der Waals surface area contributed by atoms with Gasteiger partial charge in [-0.25, -0.2) is 0 Å². The van der Waals surface area contributed by atoms with Gasteiger partial charge in [0.15, 0.2) is 0 Å². The summed E-state index contributed by atoms with van der Waals surface area (Å²) in [6.07, 6.45) is 8.50. The topological polar surface area (TPSA) is 58.2 Å². The first kappa shape index (κ1) is 17.6. The summed E-state index contributed by atoms with van der Waals surface area (Å²) in [6.45, 7) is 2.58. The van der Waals surface area contributed by atoms with Crippen LogP contribution in [0.25, 0.3) is 0 Å². The van der Waals surface area contributed by atoms with E-state index in [0.717, 1.165) is 17.8 Å². The van der Waals surface area contributed by atoms with Gasteiger partial charge in [0.2, 0.25) is 5.91 Å². The maximum atomic E-state index is 12.4. The molecule has 5 rings (SSSR count). The molecule has 2 N–H and O–H groups in total. The fourth-order valence-electron chi connectivity index (χ4n) is 6.16. The number of carbonyl (C=O) groups is 2. The van der Waals surface area contributed by atoms with E-state index in [4.69, 9.17) is 0 Å². The standard InChI is InChI=1S/C22H30N2O2/c1-15(22-12-16-9-17(13-22)11-18(10-16)14-22)24-20(25)7-8-23-21(26)19-5-3-2-4-6-19/h2-6,15-18H,7-14H2,1H3,(H,23,26)(H,24,25). The molecule has 0 saturated heterocycles. The molecule has 4 aliphatic carbocycles. The van der Waals surface area contributed by atoms with Gasteiger partial charge in [0.1, 0.15) is 0 Å². The van der Waals surface area contributed by atoms with Crippen molar-refractivity contribution in [2.75, 3.05) is 6.54 Å². The van der Waals surface area contributed by atoms with Crippen LogP contribution in [0.4, 0.5) is 0 Å². The van der Waals surface area contributed by atoms with Crippen molar-refractivity contribution in [2.45, 2.75) is 57.9 Å². The lowest BCUT2D eigenvalue weighted by Crippen LogP contribution is -2.56. The maximum absolute atomic E-state index is 12.4. The summed E-state index contributed by atoms with van der Waals surface area (Å²) in [6, 6.07) is 9.38. The van der Waals surface area contributed by atoms with Crippen LogP contribution in [0, 0.1) is 23.2 Å². The minimum atomic E-state index is -0.118. The van der Waals surface area contributed by atoms with E-state index < -0.39 is 0 Å². The highest BCUT2D eigenvalue weighted by molar-refractivity contribution is 5.94. The third-order valence-corrected chi connectivity index (χ3v) is 7.06. The van der Waals surface area contributed by atoms with Crippen LogP contribution in [-0.4, -0.2) is 24.4 Å². The molecule has 1 aromatic rings. The number of hydrogen-bond acceptors (Lipinski definition) is 2. The Kier molecular flexibility index (Phi) is 4.76. The molecule has 4 bridgehead atoms. The number of amides is 2. The normalized spacial score (nSPS) is 32.9. The summed E-state index contributed by atoms with van der Waals surface area (Å²) in [5.74, 6) is 2.62. The van der Waals surface area contributed by atoms with E-state index in [1.165, 1.54) is 38.5 Å². The molecule has 2 amide bonds. The van der Waals surface area contributed by atoms with Crippen LogP contribution in [0.5, 0.6) is 0 Å². The van der Waals surface area contributed by atoms with Crippen molar-refractivity contribution in [1.82, 2.24) is 10.6 Å². The van der Waals surface area contributed by atoms with E-state index >= 15 is 0 Å². The van der Waals surface area contributed by atoms with E-state index in [1.54, 1.807) is 12.1 Å². The van der Waals surface area contributed by atoms with Crippen molar-refractivity contribution in [1.29, 1.82) is 0 Å². The Morgan fingerprint density at radius 2 is 1.62 bits per heavy atom. The number of carbonyl (C=O) groups excluding carboxylic acids is 2. The first-order valence-electron chi connectivity index (χ1n) is 10.2. The number of nitrogens with one attached hydrogen (secondary N) is 2. The van der Waals surface area contributed by atoms with Crippen molar-refractivity contribution in [2.24, 2.45) is 23.2 Å². The van der Waals surface area contributed by atoms with Crippen LogP contribution in [-0.2, 0) is 4.79 Å². The quantitative estimate of drug-likeness (QED) is 0.821. The molecule has 4 saturated carbocycles. The van der Waals surface area contributed by atoms with Crippen LogP contribution < -0.4 is 10.6 Å². The predicted octanol–water partition coefficient (Wildman–Crippen LogP) is 3.53. The summed E-state index contributed by atoms with van der Waals surface area (Å²) >= 11 is 0. The van der Waals surface area contributed by atoms with E-state index in [9.17, 15) is 9.59 Å². The molecular formula is C22H30N2O2. The van der Waals surface area contributed by atoms with Crippen LogP contribution in [0.1, 0.15) is 62.2 Å². The highest BCUT2D eigenvalue weighted by atomic mass is 16.2. The third kappa shape index (κ3) is 3.51. The average molecular weight is 354 g/mol. The SMILES string of the molecule is CC(NC(=O)CCNC(=O)c1ccccc1)C12CC3CC(CC(C3)C1)C2. The van der Waals surface area contributed by atoms with Gasteiger partial charge >= 0.3 is 0 Å². The molecule has 1 aromatic carbocycles. The Bertz CT molecular complexity index is 635. The zero-order valence-electron chi connectivity index (χ0n) is 15.7. The second-order valence-electron chi connectivity index (χ2n) is 8.94. The van der Waals surface area contributed by atoms with Crippen molar-refractivity contribution < 1.29 is 9.59 Å². The largest absolute Gasteiger partial charge is 0.353 e. The first-order chi connectivity index (χ1) is 12.5. The van der Waals surface area contributed by atoms with E-state index in [-0.39, 0.29) is 17.9 Å². The summed E-state index contributed by atoms with van der Waals surface area (Å²) in [4.78, 5) is 24.4. The molecule has 0 radical (unpaired) electrons. The molecule has 0 heterocycles. The van der Waals surface area contributed by atoms with Gasteiger partial charge in [-0.3, -0.25) is 9.59 Å². The third-order valence-electron chi connectivity index (χ3n) is 7.06. The van der Waals surface area contributed by atoms with E-state index in [1.807, 2.05) is 18.2 Å². The molecule has 1 atom stereocenters. The Morgan fingerprint density at radius 1 is 1.04 bits per heavy atom. The zero-order chi connectivity index (χ0) is 18.1. The molecule has 0 aromatic heterocycles. The lowest BCUT2D eigenvalue weighted by Gasteiger charge is -2.59. The van der Waals surface area contributed by atoms with Gasteiger partial charge in [0.05, 0.1) is 0 Å². The van der Waals surface area contributed by atoms with Gasteiger partial charge in [0.25, 0.3) is 5.91 Å².